The van der Waals surface area contributed by atoms with Gasteiger partial charge in [-0.05, 0) is 30.3 Å². The molecule has 1 heterocycles. The molecule has 1 aromatic heterocycles. The minimum absolute atomic E-state index is 0.0000964. The molecule has 1 N–H and O–H groups in total. The Bertz CT molecular complexity index is 852. The summed E-state index contributed by atoms with van der Waals surface area (Å²) in [6.45, 7) is 0. The van der Waals surface area contributed by atoms with Crippen molar-refractivity contribution in [2.75, 3.05) is 7.11 Å². The Labute approximate surface area is 128 Å². The summed E-state index contributed by atoms with van der Waals surface area (Å²) in [6, 6.07) is 10.1. The molecule has 0 aliphatic heterocycles. The number of benzene rings is 2. The Balaban J connectivity index is 2.12. The van der Waals surface area contributed by atoms with Crippen LogP contribution in [0.1, 0.15) is 0 Å². The first-order valence-corrected chi connectivity index (χ1v) is 6.52. The molecule has 0 unspecified atom stereocenters. The summed E-state index contributed by atoms with van der Waals surface area (Å²) in [5.74, 6) is -0.0192. The van der Waals surface area contributed by atoms with Crippen LogP contribution in [0.25, 0.3) is 22.3 Å². The smallest absolute Gasteiger partial charge is 0.508 e. The lowest BCUT2D eigenvalue weighted by Crippen LogP contribution is -2.17. The van der Waals surface area contributed by atoms with Crippen LogP contribution in [0.15, 0.2) is 46.9 Å². The van der Waals surface area contributed by atoms with Gasteiger partial charge in [0, 0.05) is 17.5 Å². The maximum Gasteiger partial charge on any atom is 0.573 e. The van der Waals surface area contributed by atoms with Crippen LogP contribution in [0, 0.1) is 0 Å². The average Bonchev–Trinajstić information content (AvgIpc) is 2.88. The van der Waals surface area contributed by atoms with Gasteiger partial charge in [0.25, 0.3) is 0 Å². The third kappa shape index (κ3) is 3.18. The summed E-state index contributed by atoms with van der Waals surface area (Å²) in [7, 11) is 1.34. The molecule has 2 aromatic carbocycles. The van der Waals surface area contributed by atoms with E-state index in [1.54, 1.807) is 12.1 Å². The molecular formula is C16H11F3O4. The molecule has 0 bridgehead atoms. The first-order valence-electron chi connectivity index (χ1n) is 6.52. The van der Waals surface area contributed by atoms with E-state index in [2.05, 4.69) is 4.74 Å². The third-order valence-electron chi connectivity index (χ3n) is 3.18. The zero-order valence-corrected chi connectivity index (χ0v) is 11.8. The maximum atomic E-state index is 12.6. The number of alkyl halides is 3. The minimum Gasteiger partial charge on any atom is -0.508 e. The number of phenols is 1. The highest BCUT2D eigenvalue weighted by atomic mass is 19.4. The lowest BCUT2D eigenvalue weighted by molar-refractivity contribution is -0.274. The summed E-state index contributed by atoms with van der Waals surface area (Å²) in [5.41, 5.74) is 0.479. The van der Waals surface area contributed by atoms with Gasteiger partial charge in [0.05, 0.1) is 12.7 Å². The predicted molar refractivity (Wildman–Crippen MR) is 76.5 cm³/mol. The number of furan rings is 1. The number of ether oxygens (including phenoxy) is 2. The predicted octanol–water partition coefficient (Wildman–Crippen LogP) is 4.71. The standard InChI is InChI=1S/C16H11F3O4/c1-21-11-4-5-12(15(8-11)23-16(17,18)19)14-6-9-2-3-10(20)7-13(9)22-14/h2-8,20H,1H3. The van der Waals surface area contributed by atoms with Crippen LogP contribution < -0.4 is 9.47 Å². The highest BCUT2D eigenvalue weighted by Crippen LogP contribution is 2.39. The van der Waals surface area contributed by atoms with Crippen molar-refractivity contribution in [1.29, 1.82) is 0 Å². The van der Waals surface area contributed by atoms with Crippen molar-refractivity contribution in [1.82, 2.24) is 0 Å². The molecule has 0 aliphatic carbocycles. The summed E-state index contributed by atoms with van der Waals surface area (Å²) in [5, 5.41) is 10.1. The molecule has 120 valence electrons. The van der Waals surface area contributed by atoms with Crippen LogP contribution in [0.5, 0.6) is 17.2 Å². The van der Waals surface area contributed by atoms with Crippen LogP contribution in [0.4, 0.5) is 13.2 Å². The quantitative estimate of drug-likeness (QED) is 0.758. The van der Waals surface area contributed by atoms with Crippen molar-refractivity contribution in [2.45, 2.75) is 6.36 Å². The second-order valence-corrected chi connectivity index (χ2v) is 4.74. The van der Waals surface area contributed by atoms with Gasteiger partial charge in [0.2, 0.25) is 0 Å². The highest BCUT2D eigenvalue weighted by molar-refractivity contribution is 5.85. The molecule has 23 heavy (non-hydrogen) atoms. The van der Waals surface area contributed by atoms with Gasteiger partial charge in [-0.1, -0.05) is 0 Å². The van der Waals surface area contributed by atoms with Crippen molar-refractivity contribution >= 4 is 11.0 Å². The Morgan fingerprint density at radius 2 is 1.83 bits per heavy atom. The van der Waals surface area contributed by atoms with Crippen molar-refractivity contribution in [3.05, 3.63) is 42.5 Å². The maximum absolute atomic E-state index is 12.6. The lowest BCUT2D eigenvalue weighted by atomic mass is 10.1. The van der Waals surface area contributed by atoms with E-state index in [1.165, 1.54) is 31.4 Å². The Hall–Kier alpha value is -2.83. The van der Waals surface area contributed by atoms with Crippen LogP contribution >= 0.6 is 0 Å². The fraction of sp³-hybridized carbons (Fsp3) is 0.125. The number of fused-ring (bicyclic) bond motifs is 1. The molecule has 0 aliphatic rings. The van der Waals surface area contributed by atoms with E-state index in [9.17, 15) is 18.3 Å². The second-order valence-electron chi connectivity index (χ2n) is 4.74. The van der Waals surface area contributed by atoms with Crippen LogP contribution in [-0.2, 0) is 0 Å². The Morgan fingerprint density at radius 3 is 2.52 bits per heavy atom. The topological polar surface area (TPSA) is 51.8 Å². The van der Waals surface area contributed by atoms with Crippen LogP contribution in [0.3, 0.4) is 0 Å². The van der Waals surface area contributed by atoms with E-state index in [4.69, 9.17) is 9.15 Å². The molecule has 0 amide bonds. The molecule has 4 nitrogen and oxygen atoms in total. The van der Waals surface area contributed by atoms with Gasteiger partial charge in [-0.3, -0.25) is 0 Å². The summed E-state index contributed by atoms with van der Waals surface area (Å²) >= 11 is 0. The van der Waals surface area contributed by atoms with E-state index in [1.807, 2.05) is 0 Å². The molecular weight excluding hydrogens is 313 g/mol. The van der Waals surface area contributed by atoms with E-state index in [0.29, 0.717) is 11.0 Å². The van der Waals surface area contributed by atoms with Gasteiger partial charge in [-0.15, -0.1) is 13.2 Å². The first-order chi connectivity index (χ1) is 10.9. The molecule has 0 spiro atoms. The van der Waals surface area contributed by atoms with Gasteiger partial charge in [0.1, 0.15) is 28.6 Å². The van der Waals surface area contributed by atoms with E-state index >= 15 is 0 Å². The van der Waals surface area contributed by atoms with Gasteiger partial charge in [-0.25, -0.2) is 0 Å². The number of hydrogen-bond acceptors (Lipinski definition) is 4. The van der Waals surface area contributed by atoms with Crippen LogP contribution in [-0.4, -0.2) is 18.6 Å². The number of halogens is 3. The van der Waals surface area contributed by atoms with Crippen molar-refractivity contribution < 1.29 is 32.2 Å². The third-order valence-corrected chi connectivity index (χ3v) is 3.18. The SMILES string of the molecule is COc1ccc(-c2cc3ccc(O)cc3o2)c(OC(F)(F)F)c1. The molecule has 3 aromatic rings. The van der Waals surface area contributed by atoms with Crippen molar-refractivity contribution in [3.8, 4) is 28.6 Å². The molecule has 0 atom stereocenters. The van der Waals surface area contributed by atoms with Gasteiger partial charge in [-0.2, -0.15) is 0 Å². The molecule has 0 fully saturated rings. The fourth-order valence-corrected chi connectivity index (χ4v) is 2.19. The monoisotopic (exact) mass is 324 g/mol. The first kappa shape index (κ1) is 15.1. The van der Waals surface area contributed by atoms with Gasteiger partial charge < -0.3 is 19.0 Å². The minimum atomic E-state index is -4.84. The molecule has 7 heteroatoms. The van der Waals surface area contributed by atoms with Crippen molar-refractivity contribution in [3.63, 3.8) is 0 Å². The number of rotatable bonds is 3. The summed E-state index contributed by atoms with van der Waals surface area (Å²) < 4.78 is 52.3. The van der Waals surface area contributed by atoms with E-state index < -0.39 is 12.1 Å². The van der Waals surface area contributed by atoms with E-state index in [-0.39, 0.29) is 22.8 Å². The zero-order chi connectivity index (χ0) is 16.6. The number of aromatic hydroxyl groups is 1. The molecule has 0 saturated heterocycles. The lowest BCUT2D eigenvalue weighted by Gasteiger charge is -2.13. The number of methoxy groups -OCH3 is 1. The molecule has 0 radical (unpaired) electrons. The summed E-state index contributed by atoms with van der Waals surface area (Å²) in [6.07, 6.45) is -4.84. The van der Waals surface area contributed by atoms with Gasteiger partial charge in [0.15, 0.2) is 0 Å². The second kappa shape index (κ2) is 5.42. The van der Waals surface area contributed by atoms with Gasteiger partial charge >= 0.3 is 6.36 Å². The normalized spacial score (nSPS) is 11.7. The average molecular weight is 324 g/mol. The fourth-order valence-electron chi connectivity index (χ4n) is 2.19. The molecule has 0 saturated carbocycles. The number of phenolic OH excluding ortho intramolecular Hbond substituents is 1. The Morgan fingerprint density at radius 1 is 1.04 bits per heavy atom. The zero-order valence-electron chi connectivity index (χ0n) is 11.8. The highest BCUT2D eigenvalue weighted by Gasteiger charge is 2.33. The number of hydrogen-bond donors (Lipinski definition) is 1. The van der Waals surface area contributed by atoms with E-state index in [0.717, 1.165) is 6.07 Å². The largest absolute Gasteiger partial charge is 0.573 e. The van der Waals surface area contributed by atoms with Crippen molar-refractivity contribution in [2.24, 2.45) is 0 Å². The van der Waals surface area contributed by atoms with Crippen LogP contribution in [0.2, 0.25) is 0 Å². The Kier molecular flexibility index (Phi) is 3.55. The molecule has 3 rings (SSSR count). The summed E-state index contributed by atoms with van der Waals surface area (Å²) in [4.78, 5) is 0.